The molecule has 0 fully saturated rings. The number of rotatable bonds is 2. The lowest BCUT2D eigenvalue weighted by molar-refractivity contribution is 0.634. The number of aromatic nitrogens is 5. The Labute approximate surface area is 103 Å². The van der Waals surface area contributed by atoms with Gasteiger partial charge in [0.15, 0.2) is 0 Å². The highest BCUT2D eigenvalue weighted by molar-refractivity contribution is 7.14. The molecule has 0 saturated carbocycles. The number of imidazole rings is 1. The fraction of sp³-hybridized carbons (Fsp3) is 0.364. The van der Waals surface area contributed by atoms with E-state index in [1.165, 1.54) is 0 Å². The van der Waals surface area contributed by atoms with Gasteiger partial charge in [-0.25, -0.2) is 9.50 Å². The number of aryl methyl sites for hydroxylation is 2. The summed E-state index contributed by atoms with van der Waals surface area (Å²) in [5.74, 6) is 0. The average molecular weight is 247 g/mol. The van der Waals surface area contributed by atoms with Crippen molar-refractivity contribution in [3.8, 4) is 11.3 Å². The van der Waals surface area contributed by atoms with Crippen LogP contribution >= 0.6 is 11.3 Å². The van der Waals surface area contributed by atoms with Crippen LogP contribution in [-0.4, -0.2) is 24.4 Å². The van der Waals surface area contributed by atoms with Gasteiger partial charge in [-0.15, -0.1) is 0 Å². The third-order valence-electron chi connectivity index (χ3n) is 2.92. The smallest absolute Gasteiger partial charge is 0.212 e. The van der Waals surface area contributed by atoms with Crippen molar-refractivity contribution in [2.24, 2.45) is 0 Å². The minimum Gasteiger partial charge on any atom is -0.269 e. The Morgan fingerprint density at radius 1 is 1.35 bits per heavy atom. The number of fused-ring (bicyclic) bond motifs is 1. The van der Waals surface area contributed by atoms with Crippen molar-refractivity contribution in [1.82, 2.24) is 24.4 Å². The van der Waals surface area contributed by atoms with Crippen LogP contribution in [0.5, 0.6) is 0 Å². The zero-order valence-electron chi connectivity index (χ0n) is 10.0. The molecule has 0 spiro atoms. The van der Waals surface area contributed by atoms with Gasteiger partial charge in [-0.3, -0.25) is 4.68 Å². The molecule has 0 aliphatic rings. The highest BCUT2D eigenvalue weighted by Gasteiger charge is 2.16. The Hall–Kier alpha value is -1.69. The normalized spacial score (nSPS) is 11.5. The average Bonchev–Trinajstić information content (AvgIpc) is 2.91. The second kappa shape index (κ2) is 3.66. The van der Waals surface area contributed by atoms with Crippen molar-refractivity contribution in [1.29, 1.82) is 0 Å². The summed E-state index contributed by atoms with van der Waals surface area (Å²) in [7, 11) is 0. The molecule has 0 amide bonds. The monoisotopic (exact) mass is 247 g/mol. The first-order chi connectivity index (χ1) is 8.20. The van der Waals surface area contributed by atoms with E-state index in [0.29, 0.717) is 0 Å². The molecule has 0 radical (unpaired) electrons. The van der Waals surface area contributed by atoms with Crippen LogP contribution in [0.1, 0.15) is 18.3 Å². The number of hydrogen-bond donors (Lipinski definition) is 0. The predicted molar refractivity (Wildman–Crippen MR) is 67.2 cm³/mol. The van der Waals surface area contributed by atoms with Gasteiger partial charge in [0.2, 0.25) is 4.96 Å². The van der Waals surface area contributed by atoms with E-state index < -0.39 is 0 Å². The van der Waals surface area contributed by atoms with Crippen LogP contribution in [-0.2, 0) is 6.54 Å². The second-order valence-electron chi connectivity index (χ2n) is 3.95. The van der Waals surface area contributed by atoms with Crippen molar-refractivity contribution in [2.75, 3.05) is 0 Å². The minimum absolute atomic E-state index is 0.882. The third-order valence-corrected chi connectivity index (χ3v) is 3.61. The lowest BCUT2D eigenvalue weighted by atomic mass is 10.1. The SMILES string of the molecule is CCn1nc(C)c(-c2cn3ncsc3n2)c1C. The summed E-state index contributed by atoms with van der Waals surface area (Å²) in [6.07, 6.45) is 1.96. The number of nitrogens with zero attached hydrogens (tertiary/aromatic N) is 5. The largest absolute Gasteiger partial charge is 0.269 e. The summed E-state index contributed by atoms with van der Waals surface area (Å²) in [6.45, 7) is 7.08. The lowest BCUT2D eigenvalue weighted by Gasteiger charge is -1.99. The minimum atomic E-state index is 0.882. The number of hydrogen-bond acceptors (Lipinski definition) is 4. The van der Waals surface area contributed by atoms with Gasteiger partial charge in [0.1, 0.15) is 5.51 Å². The first kappa shape index (κ1) is 10.5. The van der Waals surface area contributed by atoms with Crippen molar-refractivity contribution >= 4 is 16.3 Å². The maximum absolute atomic E-state index is 4.58. The van der Waals surface area contributed by atoms with Crippen LogP contribution < -0.4 is 0 Å². The third kappa shape index (κ3) is 1.48. The summed E-state index contributed by atoms with van der Waals surface area (Å²) in [6, 6.07) is 0. The van der Waals surface area contributed by atoms with Crippen LogP contribution in [0.2, 0.25) is 0 Å². The molecule has 5 nitrogen and oxygen atoms in total. The molecule has 0 unspecified atom stereocenters. The molecule has 6 heteroatoms. The summed E-state index contributed by atoms with van der Waals surface area (Å²) in [5, 5.41) is 8.71. The molecule has 0 saturated heterocycles. The van der Waals surface area contributed by atoms with Crippen LogP contribution in [0, 0.1) is 13.8 Å². The molecule has 0 aromatic carbocycles. The van der Waals surface area contributed by atoms with Crippen molar-refractivity contribution in [3.63, 3.8) is 0 Å². The van der Waals surface area contributed by atoms with E-state index in [2.05, 4.69) is 29.0 Å². The van der Waals surface area contributed by atoms with E-state index in [9.17, 15) is 0 Å². The molecule has 0 bridgehead atoms. The van der Waals surface area contributed by atoms with E-state index >= 15 is 0 Å². The summed E-state index contributed by atoms with van der Waals surface area (Å²) in [4.78, 5) is 5.50. The maximum Gasteiger partial charge on any atom is 0.212 e. The molecule has 3 aromatic rings. The van der Waals surface area contributed by atoms with Crippen molar-refractivity contribution in [2.45, 2.75) is 27.3 Å². The van der Waals surface area contributed by atoms with Crippen LogP contribution in [0.3, 0.4) is 0 Å². The van der Waals surface area contributed by atoms with Gasteiger partial charge in [0.25, 0.3) is 0 Å². The molecule has 0 N–H and O–H groups in total. The molecule has 3 rings (SSSR count). The topological polar surface area (TPSA) is 48.0 Å². The first-order valence-corrected chi connectivity index (χ1v) is 6.42. The molecule has 3 aromatic heterocycles. The van der Waals surface area contributed by atoms with E-state index in [0.717, 1.165) is 34.2 Å². The fourth-order valence-corrected chi connectivity index (χ4v) is 2.74. The molecule has 88 valence electrons. The Bertz CT molecular complexity index is 647. The molecule has 3 heterocycles. The van der Waals surface area contributed by atoms with Crippen molar-refractivity contribution in [3.05, 3.63) is 23.1 Å². The van der Waals surface area contributed by atoms with Gasteiger partial charge in [-0.1, -0.05) is 11.3 Å². The highest BCUT2D eigenvalue weighted by Crippen LogP contribution is 2.26. The molecule has 0 aliphatic heterocycles. The van der Waals surface area contributed by atoms with E-state index in [1.807, 2.05) is 22.3 Å². The van der Waals surface area contributed by atoms with Gasteiger partial charge < -0.3 is 0 Å². The second-order valence-corrected chi connectivity index (χ2v) is 4.77. The maximum atomic E-state index is 4.58. The zero-order valence-corrected chi connectivity index (χ0v) is 10.8. The first-order valence-electron chi connectivity index (χ1n) is 5.54. The summed E-state index contributed by atoms with van der Waals surface area (Å²) in [5.41, 5.74) is 6.07. The van der Waals surface area contributed by atoms with Gasteiger partial charge in [0, 0.05) is 17.8 Å². The van der Waals surface area contributed by atoms with Crippen LogP contribution in [0.15, 0.2) is 11.7 Å². The van der Waals surface area contributed by atoms with Gasteiger partial charge in [-0.05, 0) is 20.8 Å². The van der Waals surface area contributed by atoms with Gasteiger partial charge in [0.05, 0.1) is 17.6 Å². The highest BCUT2D eigenvalue weighted by atomic mass is 32.1. The molecule has 0 aliphatic carbocycles. The summed E-state index contributed by atoms with van der Waals surface area (Å²) >= 11 is 1.54. The van der Waals surface area contributed by atoms with E-state index in [1.54, 1.807) is 16.8 Å². The van der Waals surface area contributed by atoms with Gasteiger partial charge >= 0.3 is 0 Å². The quantitative estimate of drug-likeness (QED) is 0.698. The fourth-order valence-electron chi connectivity index (χ4n) is 2.13. The van der Waals surface area contributed by atoms with Gasteiger partial charge in [-0.2, -0.15) is 10.2 Å². The zero-order chi connectivity index (χ0) is 12.0. The molecular formula is C11H13N5S. The van der Waals surface area contributed by atoms with Crippen LogP contribution in [0.4, 0.5) is 0 Å². The van der Waals surface area contributed by atoms with Crippen LogP contribution in [0.25, 0.3) is 16.2 Å². The predicted octanol–water partition coefficient (Wildman–Crippen LogP) is 2.29. The molecule has 0 atom stereocenters. The van der Waals surface area contributed by atoms with E-state index in [-0.39, 0.29) is 0 Å². The molecule has 17 heavy (non-hydrogen) atoms. The Morgan fingerprint density at radius 2 is 2.18 bits per heavy atom. The van der Waals surface area contributed by atoms with Crippen molar-refractivity contribution < 1.29 is 0 Å². The summed E-state index contributed by atoms with van der Waals surface area (Å²) < 4.78 is 3.81. The molecular weight excluding hydrogens is 234 g/mol. The Morgan fingerprint density at radius 3 is 2.82 bits per heavy atom. The standard InChI is InChI=1S/C11H13N5S/c1-4-15-8(3)10(7(2)14-15)9-5-16-11(13-9)17-6-12-16/h5-6H,4H2,1-3H3. The Balaban J connectivity index is 2.21. The lowest BCUT2D eigenvalue weighted by Crippen LogP contribution is -1.98. The van der Waals surface area contributed by atoms with E-state index in [4.69, 9.17) is 0 Å². The Kier molecular flexibility index (Phi) is 2.25.